The zero-order valence-electron chi connectivity index (χ0n) is 16.3. The Balaban J connectivity index is 1.62. The van der Waals surface area contributed by atoms with Crippen molar-refractivity contribution in [3.05, 3.63) is 52.9 Å². The van der Waals surface area contributed by atoms with Crippen LogP contribution in [0, 0.1) is 5.92 Å². The maximum absolute atomic E-state index is 12.7. The molecule has 0 aliphatic carbocycles. The van der Waals surface area contributed by atoms with E-state index in [2.05, 4.69) is 16.3 Å². The van der Waals surface area contributed by atoms with Crippen molar-refractivity contribution in [2.75, 3.05) is 27.2 Å². The number of hydrogen-bond donors (Lipinski definition) is 1. The van der Waals surface area contributed by atoms with Crippen molar-refractivity contribution in [3.8, 4) is 0 Å². The molecule has 0 radical (unpaired) electrons. The minimum atomic E-state index is -3.51. The van der Waals surface area contributed by atoms with Crippen LogP contribution in [0.15, 0.2) is 46.0 Å². The Hall–Kier alpha value is -1.74. The molecule has 1 aliphatic heterocycles. The largest absolute Gasteiger partial charge is 0.352 e. The van der Waals surface area contributed by atoms with Gasteiger partial charge in [0, 0.05) is 26.2 Å². The molecule has 1 saturated heterocycles. The fourth-order valence-corrected chi connectivity index (χ4v) is 6.13. The summed E-state index contributed by atoms with van der Waals surface area (Å²) in [5.74, 6) is -0.393. The number of rotatable bonds is 7. The van der Waals surface area contributed by atoms with Gasteiger partial charge >= 0.3 is 0 Å². The summed E-state index contributed by atoms with van der Waals surface area (Å²) in [6, 6.07) is 11.4. The molecule has 1 aliphatic rings. The SMILES string of the molecule is CN(C)Cc1ccccc1CNC(=O)[C@@H]1CCCN(S(=O)(=O)c2cccs2)C1. The third-order valence-electron chi connectivity index (χ3n) is 4.90. The van der Waals surface area contributed by atoms with E-state index in [4.69, 9.17) is 0 Å². The van der Waals surface area contributed by atoms with Crippen LogP contribution in [-0.4, -0.2) is 50.7 Å². The molecule has 1 aromatic heterocycles. The smallest absolute Gasteiger partial charge is 0.252 e. The molecule has 8 heteroatoms. The van der Waals surface area contributed by atoms with Crippen LogP contribution in [0.3, 0.4) is 0 Å². The molecule has 1 aromatic carbocycles. The first-order valence-electron chi connectivity index (χ1n) is 9.41. The average molecular weight is 422 g/mol. The third-order valence-corrected chi connectivity index (χ3v) is 8.14. The van der Waals surface area contributed by atoms with E-state index < -0.39 is 10.0 Å². The topological polar surface area (TPSA) is 69.7 Å². The fraction of sp³-hybridized carbons (Fsp3) is 0.450. The first-order valence-corrected chi connectivity index (χ1v) is 11.7. The summed E-state index contributed by atoms with van der Waals surface area (Å²) in [5, 5.41) is 4.77. The summed E-state index contributed by atoms with van der Waals surface area (Å²) in [4.78, 5) is 14.8. The highest BCUT2D eigenvalue weighted by Gasteiger charge is 2.33. The first-order chi connectivity index (χ1) is 13.4. The number of sulfonamides is 1. The molecule has 1 amide bonds. The molecule has 1 atom stereocenters. The maximum Gasteiger partial charge on any atom is 0.252 e. The van der Waals surface area contributed by atoms with Gasteiger partial charge in [-0.2, -0.15) is 4.31 Å². The molecule has 0 unspecified atom stereocenters. The molecule has 1 N–H and O–H groups in total. The minimum Gasteiger partial charge on any atom is -0.352 e. The lowest BCUT2D eigenvalue weighted by molar-refractivity contribution is -0.126. The van der Waals surface area contributed by atoms with Crippen molar-refractivity contribution in [1.82, 2.24) is 14.5 Å². The van der Waals surface area contributed by atoms with E-state index in [0.29, 0.717) is 30.1 Å². The van der Waals surface area contributed by atoms with Crippen molar-refractivity contribution >= 4 is 27.3 Å². The second kappa shape index (κ2) is 9.17. The molecular formula is C20H27N3O3S2. The Kier molecular flexibility index (Phi) is 6.87. The van der Waals surface area contributed by atoms with Gasteiger partial charge in [0.05, 0.1) is 5.92 Å². The summed E-state index contributed by atoms with van der Waals surface area (Å²) >= 11 is 1.21. The first kappa shape index (κ1) is 21.0. The molecule has 2 aromatic rings. The predicted molar refractivity (Wildman–Crippen MR) is 111 cm³/mol. The van der Waals surface area contributed by atoms with Gasteiger partial charge in [0.2, 0.25) is 5.91 Å². The van der Waals surface area contributed by atoms with E-state index in [9.17, 15) is 13.2 Å². The summed E-state index contributed by atoms with van der Waals surface area (Å²) in [6.07, 6.45) is 1.40. The van der Waals surface area contributed by atoms with Crippen LogP contribution in [0.25, 0.3) is 0 Å². The number of carbonyl (C=O) groups is 1. The van der Waals surface area contributed by atoms with E-state index in [-0.39, 0.29) is 18.4 Å². The van der Waals surface area contributed by atoms with Crippen molar-refractivity contribution < 1.29 is 13.2 Å². The van der Waals surface area contributed by atoms with Crippen molar-refractivity contribution in [3.63, 3.8) is 0 Å². The molecule has 1 fully saturated rings. The van der Waals surface area contributed by atoms with Gasteiger partial charge in [-0.15, -0.1) is 11.3 Å². The summed E-state index contributed by atoms with van der Waals surface area (Å²) in [6.45, 7) is 1.97. The maximum atomic E-state index is 12.7. The monoisotopic (exact) mass is 421 g/mol. The van der Waals surface area contributed by atoms with Crippen molar-refractivity contribution in [1.29, 1.82) is 0 Å². The third kappa shape index (κ3) is 5.00. The van der Waals surface area contributed by atoms with Crippen molar-refractivity contribution in [2.24, 2.45) is 5.92 Å². The number of hydrogen-bond acceptors (Lipinski definition) is 5. The predicted octanol–water partition coefficient (Wildman–Crippen LogP) is 2.53. The van der Waals surface area contributed by atoms with Crippen LogP contribution in [0.5, 0.6) is 0 Å². The zero-order valence-corrected chi connectivity index (χ0v) is 17.9. The molecule has 152 valence electrons. The Morgan fingerprint density at radius 3 is 2.64 bits per heavy atom. The van der Waals surface area contributed by atoms with Gasteiger partial charge in [-0.25, -0.2) is 8.42 Å². The Bertz CT molecular complexity index is 895. The van der Waals surface area contributed by atoms with Crippen molar-refractivity contribution in [2.45, 2.75) is 30.1 Å². The van der Waals surface area contributed by atoms with Crippen LogP contribution in [-0.2, 0) is 27.9 Å². The second-order valence-electron chi connectivity index (χ2n) is 7.36. The number of piperidine rings is 1. The van der Waals surface area contributed by atoms with Gasteiger partial charge < -0.3 is 10.2 Å². The molecule has 3 rings (SSSR count). The number of carbonyl (C=O) groups excluding carboxylic acids is 1. The number of benzene rings is 1. The number of nitrogens with one attached hydrogen (secondary N) is 1. The zero-order chi connectivity index (χ0) is 20.1. The van der Waals surface area contributed by atoms with Crippen LogP contribution >= 0.6 is 11.3 Å². The fourth-order valence-electron chi connectivity index (χ4n) is 3.46. The van der Waals surface area contributed by atoms with Gasteiger partial charge in [0.1, 0.15) is 4.21 Å². The quantitative estimate of drug-likeness (QED) is 0.746. The second-order valence-corrected chi connectivity index (χ2v) is 10.5. The molecule has 0 spiro atoms. The Labute approximate surface area is 171 Å². The van der Waals surface area contributed by atoms with E-state index in [1.807, 2.05) is 32.3 Å². The van der Waals surface area contributed by atoms with Crippen LogP contribution < -0.4 is 5.32 Å². The van der Waals surface area contributed by atoms with Crippen LogP contribution in [0.2, 0.25) is 0 Å². The minimum absolute atomic E-state index is 0.0780. The lowest BCUT2D eigenvalue weighted by atomic mass is 9.98. The van der Waals surface area contributed by atoms with Gasteiger partial charge in [0.15, 0.2) is 0 Å². The molecule has 2 heterocycles. The molecule has 6 nitrogen and oxygen atoms in total. The number of nitrogens with zero attached hydrogens (tertiary/aromatic N) is 2. The summed E-state index contributed by atoms with van der Waals surface area (Å²) in [5.41, 5.74) is 2.27. The van der Waals surface area contributed by atoms with E-state index in [1.54, 1.807) is 17.5 Å². The van der Waals surface area contributed by atoms with Gasteiger partial charge in [-0.3, -0.25) is 4.79 Å². The highest BCUT2D eigenvalue weighted by molar-refractivity contribution is 7.91. The summed E-state index contributed by atoms with van der Waals surface area (Å²) < 4.78 is 27.3. The molecule has 0 bridgehead atoms. The van der Waals surface area contributed by atoms with Gasteiger partial charge in [-0.05, 0) is 49.5 Å². The molecular weight excluding hydrogens is 394 g/mol. The van der Waals surface area contributed by atoms with Crippen LogP contribution in [0.4, 0.5) is 0 Å². The normalized spacial score (nSPS) is 18.3. The summed E-state index contributed by atoms with van der Waals surface area (Å²) in [7, 11) is 0.522. The van der Waals surface area contributed by atoms with Gasteiger partial charge in [0.25, 0.3) is 10.0 Å². The van der Waals surface area contributed by atoms with E-state index >= 15 is 0 Å². The van der Waals surface area contributed by atoms with Gasteiger partial charge in [-0.1, -0.05) is 30.3 Å². The highest BCUT2D eigenvalue weighted by Crippen LogP contribution is 2.26. The van der Waals surface area contributed by atoms with E-state index in [1.165, 1.54) is 21.2 Å². The number of thiophene rings is 1. The number of amides is 1. The molecule has 0 saturated carbocycles. The average Bonchev–Trinajstić information content (AvgIpc) is 3.22. The lowest BCUT2D eigenvalue weighted by Gasteiger charge is -2.30. The molecule has 28 heavy (non-hydrogen) atoms. The Morgan fingerprint density at radius 1 is 1.21 bits per heavy atom. The van der Waals surface area contributed by atoms with E-state index in [0.717, 1.165) is 12.1 Å². The van der Waals surface area contributed by atoms with Crippen LogP contribution in [0.1, 0.15) is 24.0 Å². The highest BCUT2D eigenvalue weighted by atomic mass is 32.2. The Morgan fingerprint density at radius 2 is 1.96 bits per heavy atom. The standard InChI is InChI=1S/C20H27N3O3S2/c1-22(2)14-17-8-4-3-7-16(17)13-21-20(24)18-9-5-11-23(15-18)28(25,26)19-10-6-12-27-19/h3-4,6-8,10,12,18H,5,9,11,13-15H2,1-2H3,(H,21,24)/t18-/m1/s1. The lowest BCUT2D eigenvalue weighted by Crippen LogP contribution is -2.45.